The van der Waals surface area contributed by atoms with Gasteiger partial charge in [0, 0.05) is 24.6 Å². The number of nitrogens with one attached hydrogen (secondary N) is 2. The first-order chi connectivity index (χ1) is 13.3. The lowest BCUT2D eigenvalue weighted by Crippen LogP contribution is -2.14. The number of H-pyrrole nitrogens is 1. The van der Waals surface area contributed by atoms with Gasteiger partial charge in [-0.1, -0.05) is 25.1 Å². The lowest BCUT2D eigenvalue weighted by molar-refractivity contribution is -0.109. The normalized spacial score (nSPS) is 12.1. The average molecular weight is 367 g/mol. The van der Waals surface area contributed by atoms with E-state index in [1.54, 1.807) is 7.11 Å². The molecule has 6 heteroatoms. The number of carbonyl (C=O) groups is 1. The van der Waals surface area contributed by atoms with E-state index in [4.69, 9.17) is 9.47 Å². The highest BCUT2D eigenvalue weighted by molar-refractivity contribution is 5.93. The quantitative estimate of drug-likeness (QED) is 0.422. The lowest BCUT2D eigenvalue weighted by atomic mass is 10.0. The van der Waals surface area contributed by atoms with E-state index >= 15 is 0 Å². The molecule has 1 unspecified atom stereocenters. The Morgan fingerprint density at radius 3 is 2.93 bits per heavy atom. The Hall–Kier alpha value is -2.86. The minimum absolute atomic E-state index is 0.0778. The van der Waals surface area contributed by atoms with Crippen LogP contribution in [0.5, 0.6) is 5.75 Å². The molecule has 0 aliphatic heterocycles. The molecule has 142 valence electrons. The highest BCUT2D eigenvalue weighted by Crippen LogP contribution is 2.31. The van der Waals surface area contributed by atoms with Crippen molar-refractivity contribution in [3.8, 4) is 17.0 Å². The number of methoxy groups -OCH3 is 1. The van der Waals surface area contributed by atoms with Crippen LogP contribution in [0.1, 0.15) is 31.4 Å². The number of amides is 1. The monoisotopic (exact) mass is 367 g/mol. The third kappa shape index (κ3) is 4.46. The summed E-state index contributed by atoms with van der Waals surface area (Å²) in [4.78, 5) is 10.3. The van der Waals surface area contributed by atoms with E-state index in [-0.39, 0.29) is 6.10 Å². The van der Waals surface area contributed by atoms with Crippen molar-refractivity contribution in [2.45, 2.75) is 25.9 Å². The second kappa shape index (κ2) is 9.19. The zero-order valence-corrected chi connectivity index (χ0v) is 15.7. The molecule has 27 heavy (non-hydrogen) atoms. The molecule has 0 saturated heterocycles. The topological polar surface area (TPSA) is 76.2 Å². The summed E-state index contributed by atoms with van der Waals surface area (Å²) in [6.45, 7) is 3.26. The van der Waals surface area contributed by atoms with E-state index in [2.05, 4.69) is 40.6 Å². The zero-order valence-electron chi connectivity index (χ0n) is 15.7. The average Bonchev–Trinajstić information content (AvgIpc) is 3.12. The summed E-state index contributed by atoms with van der Waals surface area (Å²) in [5.41, 5.74) is 4.04. The molecule has 1 atom stereocenters. The van der Waals surface area contributed by atoms with Crippen molar-refractivity contribution in [3.63, 3.8) is 0 Å². The summed E-state index contributed by atoms with van der Waals surface area (Å²) in [6.07, 6.45) is 2.45. The van der Waals surface area contributed by atoms with Crippen LogP contribution in [0.25, 0.3) is 22.2 Å². The molecule has 2 N–H and O–H groups in total. The number of ether oxygens (including phenoxy) is 2. The molecular formula is C21H25N3O3. The Labute approximate surface area is 158 Å². The van der Waals surface area contributed by atoms with Gasteiger partial charge in [0.1, 0.15) is 11.4 Å². The molecule has 1 aromatic heterocycles. The summed E-state index contributed by atoms with van der Waals surface area (Å²) < 4.78 is 11.4. The zero-order chi connectivity index (χ0) is 19.1. The summed E-state index contributed by atoms with van der Waals surface area (Å²) in [5.74, 6) is 0.788. The van der Waals surface area contributed by atoms with E-state index in [1.165, 1.54) is 0 Å². The number of benzene rings is 2. The number of hydrogen-bond donors (Lipinski definition) is 2. The van der Waals surface area contributed by atoms with Crippen LogP contribution in [0.4, 0.5) is 0 Å². The molecule has 0 aliphatic carbocycles. The molecule has 0 aliphatic rings. The van der Waals surface area contributed by atoms with Crippen LogP contribution in [-0.4, -0.2) is 36.9 Å². The van der Waals surface area contributed by atoms with Gasteiger partial charge in [-0.15, -0.1) is 0 Å². The van der Waals surface area contributed by atoms with Crippen LogP contribution in [0, 0.1) is 0 Å². The van der Waals surface area contributed by atoms with Crippen LogP contribution in [0.3, 0.4) is 0 Å². The lowest BCUT2D eigenvalue weighted by Gasteiger charge is -2.14. The molecule has 0 radical (unpaired) electrons. The largest absolute Gasteiger partial charge is 0.494 e. The Morgan fingerprint density at radius 1 is 1.26 bits per heavy atom. The summed E-state index contributed by atoms with van der Waals surface area (Å²) in [5, 5.41) is 11.2. The fourth-order valence-electron chi connectivity index (χ4n) is 3.15. The van der Waals surface area contributed by atoms with E-state index in [0.29, 0.717) is 19.6 Å². The minimum Gasteiger partial charge on any atom is -0.494 e. The van der Waals surface area contributed by atoms with Crippen molar-refractivity contribution in [2.24, 2.45) is 0 Å². The van der Waals surface area contributed by atoms with Gasteiger partial charge in [-0.05, 0) is 42.7 Å². The van der Waals surface area contributed by atoms with Gasteiger partial charge in [-0.25, -0.2) is 0 Å². The van der Waals surface area contributed by atoms with Crippen LogP contribution < -0.4 is 10.1 Å². The molecule has 3 rings (SSSR count). The van der Waals surface area contributed by atoms with E-state index < -0.39 is 0 Å². The number of hydrogen-bond acceptors (Lipinski definition) is 4. The first-order valence-electron chi connectivity index (χ1n) is 9.18. The second-order valence-electron chi connectivity index (χ2n) is 6.31. The fourth-order valence-corrected chi connectivity index (χ4v) is 3.15. The van der Waals surface area contributed by atoms with Crippen LogP contribution in [0.2, 0.25) is 0 Å². The Balaban J connectivity index is 1.83. The van der Waals surface area contributed by atoms with Crippen molar-refractivity contribution in [3.05, 3.63) is 48.0 Å². The van der Waals surface area contributed by atoms with Crippen LogP contribution in [0.15, 0.2) is 42.5 Å². The molecule has 0 fully saturated rings. The van der Waals surface area contributed by atoms with E-state index in [0.717, 1.165) is 46.3 Å². The molecule has 0 spiro atoms. The van der Waals surface area contributed by atoms with Gasteiger partial charge in [0.2, 0.25) is 6.41 Å². The van der Waals surface area contributed by atoms with E-state index in [9.17, 15) is 4.79 Å². The highest BCUT2D eigenvalue weighted by Gasteiger charge is 2.13. The molecule has 2 aromatic carbocycles. The number of carbonyl (C=O) groups excluding carboxylic acids is 1. The van der Waals surface area contributed by atoms with Crippen molar-refractivity contribution >= 4 is 17.3 Å². The maximum absolute atomic E-state index is 10.3. The minimum atomic E-state index is 0.0778. The third-order valence-electron chi connectivity index (χ3n) is 4.54. The maximum Gasteiger partial charge on any atom is 0.207 e. The highest BCUT2D eigenvalue weighted by atomic mass is 16.5. The maximum atomic E-state index is 10.3. The predicted octanol–water partition coefficient (Wildman–Crippen LogP) is 3.84. The SMILES string of the molecule is CCC(OC)c1cccc(-c2n[nH]c3ccc(OCCCNC=O)cc23)c1. The van der Waals surface area contributed by atoms with Gasteiger partial charge in [0.15, 0.2) is 0 Å². The third-order valence-corrected chi connectivity index (χ3v) is 4.54. The van der Waals surface area contributed by atoms with E-state index in [1.807, 2.05) is 24.3 Å². The molecule has 1 amide bonds. The van der Waals surface area contributed by atoms with Gasteiger partial charge >= 0.3 is 0 Å². The molecule has 0 saturated carbocycles. The van der Waals surface area contributed by atoms with Gasteiger partial charge in [0.05, 0.1) is 18.2 Å². The first kappa shape index (κ1) is 18.9. The van der Waals surface area contributed by atoms with Crippen molar-refractivity contribution < 1.29 is 14.3 Å². The summed E-state index contributed by atoms with van der Waals surface area (Å²) >= 11 is 0. The number of fused-ring (bicyclic) bond motifs is 1. The number of aromatic nitrogens is 2. The number of aromatic amines is 1. The van der Waals surface area contributed by atoms with Crippen molar-refractivity contribution in [1.82, 2.24) is 15.5 Å². The Bertz CT molecular complexity index is 887. The number of rotatable bonds is 10. The van der Waals surface area contributed by atoms with Crippen molar-refractivity contribution in [2.75, 3.05) is 20.3 Å². The van der Waals surface area contributed by atoms with Crippen LogP contribution >= 0.6 is 0 Å². The van der Waals surface area contributed by atoms with Crippen LogP contribution in [-0.2, 0) is 9.53 Å². The molecule has 6 nitrogen and oxygen atoms in total. The first-order valence-corrected chi connectivity index (χ1v) is 9.18. The van der Waals surface area contributed by atoms with Gasteiger partial charge in [0.25, 0.3) is 0 Å². The molecule has 1 heterocycles. The standard InChI is InChI=1S/C21H25N3O3/c1-3-20(26-2)15-6-4-7-16(12-15)21-18-13-17(8-9-19(18)23-24-21)27-11-5-10-22-14-25/h4,6-9,12-14,20H,3,5,10-11H2,1-2H3,(H,22,25)(H,23,24). The van der Waals surface area contributed by atoms with Crippen molar-refractivity contribution in [1.29, 1.82) is 0 Å². The molecular weight excluding hydrogens is 342 g/mol. The van der Waals surface area contributed by atoms with Gasteiger partial charge < -0.3 is 14.8 Å². The predicted molar refractivity (Wildman–Crippen MR) is 106 cm³/mol. The molecule has 0 bridgehead atoms. The summed E-state index contributed by atoms with van der Waals surface area (Å²) in [6, 6.07) is 14.2. The van der Waals surface area contributed by atoms with Gasteiger partial charge in [-0.3, -0.25) is 9.89 Å². The smallest absolute Gasteiger partial charge is 0.207 e. The Morgan fingerprint density at radius 2 is 2.15 bits per heavy atom. The number of nitrogens with zero attached hydrogens (tertiary/aromatic N) is 1. The molecule has 3 aromatic rings. The fraction of sp³-hybridized carbons (Fsp3) is 0.333. The van der Waals surface area contributed by atoms with Gasteiger partial charge in [-0.2, -0.15) is 5.10 Å². The summed E-state index contributed by atoms with van der Waals surface area (Å²) in [7, 11) is 1.74. The Kier molecular flexibility index (Phi) is 6.44. The second-order valence-corrected chi connectivity index (χ2v) is 6.31.